The normalized spacial score (nSPS) is 20.9. The third-order valence-electron chi connectivity index (χ3n) is 2.65. The Morgan fingerprint density at radius 3 is 2.93 bits per heavy atom. The molecule has 0 radical (unpaired) electrons. The van der Waals surface area contributed by atoms with Crippen molar-refractivity contribution in [2.45, 2.75) is 18.9 Å². The summed E-state index contributed by atoms with van der Waals surface area (Å²) in [6.45, 7) is 1.61. The highest BCUT2D eigenvalue weighted by atomic mass is 16.5. The van der Waals surface area contributed by atoms with Gasteiger partial charge in [-0.2, -0.15) is 5.10 Å². The monoisotopic (exact) mass is 197 g/mol. The van der Waals surface area contributed by atoms with E-state index in [1.54, 1.807) is 0 Å². The van der Waals surface area contributed by atoms with Gasteiger partial charge in [-0.3, -0.25) is 10.9 Å². The van der Waals surface area contributed by atoms with E-state index >= 15 is 0 Å². The molecule has 1 aliphatic rings. The van der Waals surface area contributed by atoms with Gasteiger partial charge < -0.3 is 4.74 Å². The maximum absolute atomic E-state index is 5.52. The number of nitrogens with zero attached hydrogens (tertiary/aromatic N) is 2. The maximum atomic E-state index is 5.52. The van der Waals surface area contributed by atoms with Crippen molar-refractivity contribution in [3.63, 3.8) is 0 Å². The molecule has 0 amide bonds. The number of aromatic amines is 1. The number of nitrogens with one attached hydrogen (secondary N) is 2. The fraction of sp³-hybridized carbons (Fsp3) is 0.750. The molecular formula is C8H15N5O. The van der Waals surface area contributed by atoms with Crippen molar-refractivity contribution in [1.29, 1.82) is 0 Å². The second-order valence-corrected chi connectivity index (χ2v) is 3.46. The zero-order valence-corrected chi connectivity index (χ0v) is 7.94. The van der Waals surface area contributed by atoms with Crippen LogP contribution in [0.1, 0.15) is 24.7 Å². The molecule has 0 aromatic carbocycles. The molecule has 14 heavy (non-hydrogen) atoms. The predicted octanol–water partition coefficient (Wildman–Crippen LogP) is -0.264. The lowest BCUT2D eigenvalue weighted by molar-refractivity contribution is 0.0525. The van der Waals surface area contributed by atoms with Crippen LogP contribution in [0.5, 0.6) is 0 Å². The number of hydrazine groups is 1. The van der Waals surface area contributed by atoms with Gasteiger partial charge >= 0.3 is 0 Å². The van der Waals surface area contributed by atoms with Gasteiger partial charge in [0.1, 0.15) is 12.2 Å². The molecule has 0 saturated carbocycles. The Balaban J connectivity index is 2.04. The molecule has 1 unspecified atom stereocenters. The lowest BCUT2D eigenvalue weighted by atomic mass is 9.92. The van der Waals surface area contributed by atoms with Gasteiger partial charge in [-0.25, -0.2) is 10.4 Å². The molecule has 1 fully saturated rings. The van der Waals surface area contributed by atoms with Crippen molar-refractivity contribution in [3.05, 3.63) is 12.2 Å². The van der Waals surface area contributed by atoms with E-state index in [2.05, 4.69) is 20.6 Å². The fourth-order valence-electron chi connectivity index (χ4n) is 1.85. The van der Waals surface area contributed by atoms with E-state index in [0.717, 1.165) is 31.9 Å². The van der Waals surface area contributed by atoms with Crippen LogP contribution in [0.2, 0.25) is 0 Å². The summed E-state index contributed by atoms with van der Waals surface area (Å²) in [7, 11) is 0. The Morgan fingerprint density at radius 1 is 1.57 bits per heavy atom. The molecule has 0 spiro atoms. The third kappa shape index (κ3) is 1.92. The molecule has 1 aromatic rings. The first kappa shape index (κ1) is 9.57. The molecule has 0 aliphatic carbocycles. The minimum Gasteiger partial charge on any atom is -0.381 e. The van der Waals surface area contributed by atoms with Crippen molar-refractivity contribution < 1.29 is 4.74 Å². The van der Waals surface area contributed by atoms with Crippen LogP contribution in [0.3, 0.4) is 0 Å². The lowest BCUT2D eigenvalue weighted by Crippen LogP contribution is -2.36. The Bertz CT molecular complexity index is 257. The molecule has 2 heterocycles. The Morgan fingerprint density at radius 2 is 2.36 bits per heavy atom. The Labute approximate surface area is 82.2 Å². The standard InChI is InChI=1S/C8H15N5O/c9-12-7(8-10-5-11-13-8)6-1-3-14-4-2-6/h5-7,12H,1-4,9H2,(H,10,11,13). The van der Waals surface area contributed by atoms with Gasteiger partial charge in [-0.1, -0.05) is 0 Å². The van der Waals surface area contributed by atoms with E-state index in [4.69, 9.17) is 10.6 Å². The highest BCUT2D eigenvalue weighted by molar-refractivity contribution is 4.94. The first-order chi connectivity index (χ1) is 6.92. The average Bonchev–Trinajstić information content (AvgIpc) is 2.74. The van der Waals surface area contributed by atoms with Gasteiger partial charge in [-0.05, 0) is 18.8 Å². The smallest absolute Gasteiger partial charge is 0.143 e. The van der Waals surface area contributed by atoms with Crippen LogP contribution in [-0.4, -0.2) is 28.4 Å². The van der Waals surface area contributed by atoms with Crippen LogP contribution < -0.4 is 11.3 Å². The van der Waals surface area contributed by atoms with Gasteiger partial charge in [-0.15, -0.1) is 0 Å². The van der Waals surface area contributed by atoms with Crippen LogP contribution in [0.15, 0.2) is 6.33 Å². The third-order valence-corrected chi connectivity index (χ3v) is 2.65. The minimum atomic E-state index is 0.0569. The van der Waals surface area contributed by atoms with Gasteiger partial charge in [0, 0.05) is 13.2 Å². The number of nitrogens with two attached hydrogens (primary N) is 1. The van der Waals surface area contributed by atoms with E-state index in [-0.39, 0.29) is 6.04 Å². The van der Waals surface area contributed by atoms with Gasteiger partial charge in [0.05, 0.1) is 6.04 Å². The zero-order valence-electron chi connectivity index (χ0n) is 7.94. The molecule has 2 rings (SSSR count). The minimum absolute atomic E-state index is 0.0569. The lowest BCUT2D eigenvalue weighted by Gasteiger charge is -2.28. The second kappa shape index (κ2) is 4.50. The highest BCUT2D eigenvalue weighted by Crippen LogP contribution is 2.26. The van der Waals surface area contributed by atoms with E-state index in [1.807, 2.05) is 0 Å². The number of hydrogen-bond acceptors (Lipinski definition) is 5. The maximum Gasteiger partial charge on any atom is 0.143 e. The summed E-state index contributed by atoms with van der Waals surface area (Å²) in [5, 5.41) is 6.66. The van der Waals surface area contributed by atoms with Crippen LogP contribution in [-0.2, 0) is 4.74 Å². The van der Waals surface area contributed by atoms with Crippen LogP contribution >= 0.6 is 0 Å². The van der Waals surface area contributed by atoms with Gasteiger partial charge in [0.25, 0.3) is 0 Å². The van der Waals surface area contributed by atoms with Crippen molar-refractivity contribution in [2.24, 2.45) is 11.8 Å². The molecule has 1 aliphatic heterocycles. The number of aromatic nitrogens is 3. The molecule has 78 valence electrons. The van der Waals surface area contributed by atoms with E-state index in [9.17, 15) is 0 Å². The van der Waals surface area contributed by atoms with E-state index < -0.39 is 0 Å². The summed E-state index contributed by atoms with van der Waals surface area (Å²) in [5.74, 6) is 6.80. The quantitative estimate of drug-likeness (QED) is 0.458. The van der Waals surface area contributed by atoms with E-state index in [1.165, 1.54) is 6.33 Å². The number of rotatable bonds is 3. The van der Waals surface area contributed by atoms with Crippen molar-refractivity contribution >= 4 is 0 Å². The molecule has 6 heteroatoms. The summed E-state index contributed by atoms with van der Waals surface area (Å²) < 4.78 is 5.30. The molecule has 4 N–H and O–H groups in total. The molecule has 1 aromatic heterocycles. The average molecular weight is 197 g/mol. The predicted molar refractivity (Wildman–Crippen MR) is 50.0 cm³/mol. The van der Waals surface area contributed by atoms with Crippen molar-refractivity contribution in [1.82, 2.24) is 20.6 Å². The molecule has 1 saturated heterocycles. The summed E-state index contributed by atoms with van der Waals surface area (Å²) in [4.78, 5) is 4.11. The zero-order chi connectivity index (χ0) is 9.80. The molecular weight excluding hydrogens is 182 g/mol. The SMILES string of the molecule is NNC(c1ncn[nH]1)C1CCOCC1. The second-order valence-electron chi connectivity index (χ2n) is 3.46. The number of ether oxygens (including phenoxy) is 1. The summed E-state index contributed by atoms with van der Waals surface area (Å²) in [6, 6.07) is 0.0569. The first-order valence-corrected chi connectivity index (χ1v) is 4.81. The molecule has 1 atom stereocenters. The number of H-pyrrole nitrogens is 1. The Hall–Kier alpha value is -0.980. The van der Waals surface area contributed by atoms with Crippen LogP contribution in [0.25, 0.3) is 0 Å². The Kier molecular flexibility index (Phi) is 3.07. The number of hydrogen-bond donors (Lipinski definition) is 3. The first-order valence-electron chi connectivity index (χ1n) is 4.81. The molecule has 6 nitrogen and oxygen atoms in total. The summed E-state index contributed by atoms with van der Waals surface area (Å²) >= 11 is 0. The van der Waals surface area contributed by atoms with Gasteiger partial charge in [0.15, 0.2) is 0 Å². The summed E-state index contributed by atoms with van der Waals surface area (Å²) in [6.07, 6.45) is 3.52. The van der Waals surface area contributed by atoms with Crippen LogP contribution in [0, 0.1) is 5.92 Å². The van der Waals surface area contributed by atoms with Gasteiger partial charge in [0.2, 0.25) is 0 Å². The van der Waals surface area contributed by atoms with E-state index in [0.29, 0.717) is 5.92 Å². The van der Waals surface area contributed by atoms with Crippen LogP contribution in [0.4, 0.5) is 0 Å². The fourth-order valence-corrected chi connectivity index (χ4v) is 1.85. The largest absolute Gasteiger partial charge is 0.381 e. The van der Waals surface area contributed by atoms with Crippen molar-refractivity contribution in [3.8, 4) is 0 Å². The van der Waals surface area contributed by atoms with Crippen molar-refractivity contribution in [2.75, 3.05) is 13.2 Å². The summed E-state index contributed by atoms with van der Waals surface area (Å²) in [5.41, 5.74) is 2.78. The molecule has 0 bridgehead atoms. The highest BCUT2D eigenvalue weighted by Gasteiger charge is 2.26. The topological polar surface area (TPSA) is 88.9 Å².